The van der Waals surface area contributed by atoms with E-state index >= 15 is 0 Å². The zero-order valence-electron chi connectivity index (χ0n) is 15.3. The molecule has 1 fully saturated rings. The molecule has 27 heavy (non-hydrogen) atoms. The standard InChI is InChI=1S/C19H25N5O3/c25-19(21-12-16-1-2-17-18(11-16)27-15-26-17)13-23-8-5-22(6-9-23)7-10-24-4-3-20-14-24/h1-4,11,14H,5-10,12-13,15H2,(H,21,25). The molecule has 1 saturated heterocycles. The Morgan fingerprint density at radius 2 is 1.89 bits per heavy atom. The van der Waals surface area contributed by atoms with Crippen molar-refractivity contribution in [2.45, 2.75) is 13.1 Å². The van der Waals surface area contributed by atoms with Crippen LogP contribution in [0.5, 0.6) is 11.5 Å². The SMILES string of the molecule is O=C(CN1CCN(CCn2ccnc2)CC1)NCc1ccc2c(c1)OCO2. The monoisotopic (exact) mass is 371 g/mol. The molecule has 1 amide bonds. The number of benzene rings is 1. The molecule has 8 nitrogen and oxygen atoms in total. The van der Waals surface area contributed by atoms with Gasteiger partial charge in [0.25, 0.3) is 0 Å². The van der Waals surface area contributed by atoms with Gasteiger partial charge in [-0.25, -0.2) is 4.98 Å². The Morgan fingerprint density at radius 3 is 2.70 bits per heavy atom. The third-order valence-electron chi connectivity index (χ3n) is 4.99. The highest BCUT2D eigenvalue weighted by atomic mass is 16.7. The molecule has 0 saturated carbocycles. The molecule has 0 spiro atoms. The van der Waals surface area contributed by atoms with Crippen molar-refractivity contribution in [1.29, 1.82) is 0 Å². The molecule has 1 N–H and O–H groups in total. The Balaban J connectivity index is 1.15. The van der Waals surface area contributed by atoms with Gasteiger partial charge < -0.3 is 19.4 Å². The third kappa shape index (κ3) is 4.78. The van der Waals surface area contributed by atoms with Crippen molar-refractivity contribution in [2.75, 3.05) is 46.1 Å². The van der Waals surface area contributed by atoms with Crippen molar-refractivity contribution < 1.29 is 14.3 Å². The molecule has 0 unspecified atom stereocenters. The molecule has 2 aromatic rings. The van der Waals surface area contributed by atoms with Crippen LogP contribution in [0.3, 0.4) is 0 Å². The molecule has 0 aliphatic carbocycles. The first-order valence-electron chi connectivity index (χ1n) is 9.32. The fourth-order valence-electron chi connectivity index (χ4n) is 3.36. The Labute approximate surface area is 158 Å². The van der Waals surface area contributed by atoms with Crippen LogP contribution in [-0.4, -0.2) is 71.3 Å². The highest BCUT2D eigenvalue weighted by Gasteiger charge is 2.19. The number of carbonyl (C=O) groups is 1. The fourth-order valence-corrected chi connectivity index (χ4v) is 3.36. The van der Waals surface area contributed by atoms with Gasteiger partial charge in [0, 0.05) is 58.2 Å². The summed E-state index contributed by atoms with van der Waals surface area (Å²) >= 11 is 0. The van der Waals surface area contributed by atoms with Crippen molar-refractivity contribution in [3.63, 3.8) is 0 Å². The quantitative estimate of drug-likeness (QED) is 0.766. The minimum atomic E-state index is 0.0551. The summed E-state index contributed by atoms with van der Waals surface area (Å²) < 4.78 is 12.8. The van der Waals surface area contributed by atoms with E-state index in [1.165, 1.54) is 0 Å². The molecule has 144 valence electrons. The number of hydrogen-bond donors (Lipinski definition) is 1. The molecule has 4 rings (SSSR count). The molecule has 0 atom stereocenters. The van der Waals surface area contributed by atoms with Crippen LogP contribution in [0.1, 0.15) is 5.56 Å². The number of imidazole rings is 1. The van der Waals surface area contributed by atoms with Gasteiger partial charge >= 0.3 is 0 Å². The van der Waals surface area contributed by atoms with Crippen molar-refractivity contribution in [1.82, 2.24) is 24.7 Å². The number of aromatic nitrogens is 2. The van der Waals surface area contributed by atoms with Gasteiger partial charge in [0.1, 0.15) is 0 Å². The number of nitrogens with zero attached hydrogens (tertiary/aromatic N) is 4. The number of fused-ring (bicyclic) bond motifs is 1. The first-order valence-corrected chi connectivity index (χ1v) is 9.32. The molecular weight excluding hydrogens is 346 g/mol. The van der Waals surface area contributed by atoms with Crippen LogP contribution in [0.2, 0.25) is 0 Å². The van der Waals surface area contributed by atoms with Crippen LogP contribution in [0.25, 0.3) is 0 Å². The van der Waals surface area contributed by atoms with Crippen molar-refractivity contribution >= 4 is 5.91 Å². The number of ether oxygens (including phenoxy) is 2. The number of nitrogens with one attached hydrogen (secondary N) is 1. The van der Waals surface area contributed by atoms with E-state index in [9.17, 15) is 4.79 Å². The van der Waals surface area contributed by atoms with Gasteiger partial charge in [-0.3, -0.25) is 14.6 Å². The minimum absolute atomic E-state index is 0.0551. The highest BCUT2D eigenvalue weighted by molar-refractivity contribution is 5.78. The maximum absolute atomic E-state index is 12.2. The average molecular weight is 371 g/mol. The number of piperazine rings is 1. The highest BCUT2D eigenvalue weighted by Crippen LogP contribution is 2.32. The maximum atomic E-state index is 12.2. The second-order valence-electron chi connectivity index (χ2n) is 6.88. The van der Waals surface area contributed by atoms with Crippen LogP contribution in [0.15, 0.2) is 36.9 Å². The Bertz CT molecular complexity index is 757. The lowest BCUT2D eigenvalue weighted by Gasteiger charge is -2.34. The normalized spacial score (nSPS) is 17.2. The van der Waals surface area contributed by atoms with Gasteiger partial charge in [0.05, 0.1) is 12.9 Å². The summed E-state index contributed by atoms with van der Waals surface area (Å²) in [6.07, 6.45) is 5.64. The van der Waals surface area contributed by atoms with Crippen molar-refractivity contribution in [3.05, 3.63) is 42.5 Å². The van der Waals surface area contributed by atoms with Gasteiger partial charge in [-0.05, 0) is 17.7 Å². The van der Waals surface area contributed by atoms with E-state index in [1.807, 2.05) is 30.7 Å². The predicted octanol–water partition coefficient (Wildman–Crippen LogP) is 0.546. The van der Waals surface area contributed by atoms with E-state index in [-0.39, 0.29) is 12.7 Å². The lowest BCUT2D eigenvalue weighted by Crippen LogP contribution is -2.49. The molecule has 2 aliphatic rings. The van der Waals surface area contributed by atoms with Gasteiger partial charge in [0.15, 0.2) is 11.5 Å². The fraction of sp³-hybridized carbons (Fsp3) is 0.474. The zero-order chi connectivity index (χ0) is 18.5. The van der Waals surface area contributed by atoms with Gasteiger partial charge in [0.2, 0.25) is 12.7 Å². The summed E-state index contributed by atoms with van der Waals surface area (Å²) in [6, 6.07) is 5.75. The van der Waals surface area contributed by atoms with E-state index in [0.29, 0.717) is 13.1 Å². The summed E-state index contributed by atoms with van der Waals surface area (Å²) in [4.78, 5) is 21.0. The number of rotatable bonds is 7. The Hall–Kier alpha value is -2.58. The number of carbonyl (C=O) groups excluding carboxylic acids is 1. The van der Waals surface area contributed by atoms with Gasteiger partial charge in [-0.2, -0.15) is 0 Å². The molecule has 8 heteroatoms. The van der Waals surface area contributed by atoms with Crippen LogP contribution < -0.4 is 14.8 Å². The molecule has 0 radical (unpaired) electrons. The van der Waals surface area contributed by atoms with Crippen LogP contribution in [0, 0.1) is 0 Å². The summed E-state index contributed by atoms with van der Waals surface area (Å²) in [5, 5.41) is 2.99. The number of hydrogen-bond acceptors (Lipinski definition) is 6. The summed E-state index contributed by atoms with van der Waals surface area (Å²) in [7, 11) is 0. The summed E-state index contributed by atoms with van der Waals surface area (Å²) in [5.74, 6) is 1.56. The van der Waals surface area contributed by atoms with E-state index in [0.717, 1.165) is 56.3 Å². The molecule has 3 heterocycles. The lowest BCUT2D eigenvalue weighted by molar-refractivity contribution is -0.122. The second kappa shape index (κ2) is 8.41. The topological polar surface area (TPSA) is 71.9 Å². The number of amides is 1. The predicted molar refractivity (Wildman–Crippen MR) is 99.5 cm³/mol. The second-order valence-corrected chi connectivity index (χ2v) is 6.88. The maximum Gasteiger partial charge on any atom is 0.234 e. The molecular formula is C19H25N5O3. The first-order chi connectivity index (χ1) is 13.3. The first kappa shape index (κ1) is 17.8. The lowest BCUT2D eigenvalue weighted by atomic mass is 10.2. The molecule has 1 aromatic heterocycles. The largest absolute Gasteiger partial charge is 0.454 e. The smallest absolute Gasteiger partial charge is 0.234 e. The van der Waals surface area contributed by atoms with Crippen molar-refractivity contribution in [2.24, 2.45) is 0 Å². The van der Waals surface area contributed by atoms with Gasteiger partial charge in [-0.15, -0.1) is 0 Å². The molecule has 0 bridgehead atoms. The van der Waals surface area contributed by atoms with Crippen LogP contribution >= 0.6 is 0 Å². The van der Waals surface area contributed by atoms with Crippen LogP contribution in [-0.2, 0) is 17.9 Å². The van der Waals surface area contributed by atoms with E-state index in [4.69, 9.17) is 9.47 Å². The summed E-state index contributed by atoms with van der Waals surface area (Å²) in [5.41, 5.74) is 1.01. The van der Waals surface area contributed by atoms with E-state index < -0.39 is 0 Å². The van der Waals surface area contributed by atoms with Crippen LogP contribution in [0.4, 0.5) is 0 Å². The summed E-state index contributed by atoms with van der Waals surface area (Å²) in [6.45, 7) is 6.99. The van der Waals surface area contributed by atoms with Crippen molar-refractivity contribution in [3.8, 4) is 11.5 Å². The molecule has 1 aromatic carbocycles. The van der Waals surface area contributed by atoms with E-state index in [1.54, 1.807) is 6.20 Å². The Morgan fingerprint density at radius 1 is 1.07 bits per heavy atom. The Kier molecular flexibility index (Phi) is 5.55. The third-order valence-corrected chi connectivity index (χ3v) is 4.99. The molecule has 2 aliphatic heterocycles. The minimum Gasteiger partial charge on any atom is -0.454 e. The van der Waals surface area contributed by atoms with E-state index in [2.05, 4.69) is 24.7 Å². The van der Waals surface area contributed by atoms with Gasteiger partial charge in [-0.1, -0.05) is 6.07 Å². The average Bonchev–Trinajstić information content (AvgIpc) is 3.37. The zero-order valence-corrected chi connectivity index (χ0v) is 15.3.